The molecule has 0 unspecified atom stereocenters. The first-order valence-electron chi connectivity index (χ1n) is 14.2. The number of allylic oxidation sites excluding steroid dienone is 1. The van der Waals surface area contributed by atoms with E-state index < -0.39 is 12.0 Å². The summed E-state index contributed by atoms with van der Waals surface area (Å²) in [6, 6.07) is 24.4. The van der Waals surface area contributed by atoms with Crippen molar-refractivity contribution < 1.29 is 19.0 Å². The fraction of sp³-hybridized carbons (Fsp3) is 0.171. The van der Waals surface area contributed by atoms with Gasteiger partial charge in [0, 0.05) is 5.02 Å². The monoisotopic (exact) mass is 702 g/mol. The first-order chi connectivity index (χ1) is 21.8. The summed E-state index contributed by atoms with van der Waals surface area (Å²) in [4.78, 5) is 32.3. The predicted molar refractivity (Wildman–Crippen MR) is 181 cm³/mol. The summed E-state index contributed by atoms with van der Waals surface area (Å²) in [7, 11) is 1.58. The third-order valence-corrected chi connectivity index (χ3v) is 9.43. The van der Waals surface area contributed by atoms with Gasteiger partial charge in [0.05, 0.1) is 34.0 Å². The lowest BCUT2D eigenvalue weighted by atomic mass is 9.96. The van der Waals surface area contributed by atoms with Crippen molar-refractivity contribution in [3.8, 4) is 11.5 Å². The van der Waals surface area contributed by atoms with Crippen molar-refractivity contribution in [2.24, 2.45) is 4.99 Å². The Hall–Kier alpha value is -4.18. The average molecular weight is 704 g/mol. The number of esters is 1. The number of halogens is 2. The molecule has 0 fully saturated rings. The van der Waals surface area contributed by atoms with Crippen LogP contribution >= 0.6 is 38.9 Å². The number of ether oxygens (including phenoxy) is 3. The third kappa shape index (κ3) is 5.95. The minimum atomic E-state index is -0.790. The van der Waals surface area contributed by atoms with Gasteiger partial charge in [0.25, 0.3) is 5.56 Å². The lowest BCUT2D eigenvalue weighted by Crippen LogP contribution is -2.40. The average Bonchev–Trinajstić information content (AvgIpc) is 3.33. The highest BCUT2D eigenvalue weighted by Crippen LogP contribution is 2.38. The van der Waals surface area contributed by atoms with Crippen LogP contribution in [0, 0.1) is 0 Å². The van der Waals surface area contributed by atoms with Gasteiger partial charge < -0.3 is 14.2 Å². The first-order valence-corrected chi connectivity index (χ1v) is 16.2. The predicted octanol–water partition coefficient (Wildman–Crippen LogP) is 6.96. The molecule has 0 saturated carbocycles. The first kappa shape index (κ1) is 30.8. The van der Waals surface area contributed by atoms with Crippen LogP contribution in [0.1, 0.15) is 36.6 Å². The number of nitrogens with zero attached hydrogens (tertiary/aromatic N) is 2. The van der Waals surface area contributed by atoms with Crippen LogP contribution in [-0.2, 0) is 16.1 Å². The number of thiazole rings is 1. The zero-order valence-electron chi connectivity index (χ0n) is 24.7. The van der Waals surface area contributed by atoms with E-state index in [0.29, 0.717) is 48.2 Å². The van der Waals surface area contributed by atoms with E-state index in [9.17, 15) is 9.59 Å². The highest BCUT2D eigenvalue weighted by Gasteiger charge is 2.34. The molecule has 10 heteroatoms. The number of carbonyl (C=O) groups is 1. The quantitative estimate of drug-likeness (QED) is 0.164. The Balaban J connectivity index is 1.40. The molecule has 1 aliphatic rings. The Bertz CT molecular complexity index is 2170. The lowest BCUT2D eigenvalue weighted by Gasteiger charge is -2.25. The molecule has 1 aromatic heterocycles. The van der Waals surface area contributed by atoms with Crippen molar-refractivity contribution in [3.63, 3.8) is 0 Å². The number of methoxy groups -OCH3 is 1. The molecule has 0 spiro atoms. The fourth-order valence-electron chi connectivity index (χ4n) is 5.47. The van der Waals surface area contributed by atoms with Gasteiger partial charge >= 0.3 is 5.97 Å². The number of hydrogen-bond acceptors (Lipinski definition) is 7. The topological polar surface area (TPSA) is 79.1 Å². The summed E-state index contributed by atoms with van der Waals surface area (Å²) in [5, 5.41) is 2.70. The molecular weight excluding hydrogens is 676 g/mol. The Labute approximate surface area is 276 Å². The molecule has 1 aliphatic heterocycles. The number of carbonyl (C=O) groups excluding carboxylic acids is 1. The second-order valence-electron chi connectivity index (χ2n) is 10.3. The van der Waals surface area contributed by atoms with Crippen LogP contribution in [-0.4, -0.2) is 24.3 Å². The van der Waals surface area contributed by atoms with Crippen LogP contribution in [0.2, 0.25) is 5.02 Å². The van der Waals surface area contributed by atoms with Crippen molar-refractivity contribution >= 4 is 61.7 Å². The van der Waals surface area contributed by atoms with E-state index in [1.807, 2.05) is 42.5 Å². The molecule has 0 N–H and O–H groups in total. The van der Waals surface area contributed by atoms with Gasteiger partial charge in [0.15, 0.2) is 16.3 Å². The summed E-state index contributed by atoms with van der Waals surface area (Å²) in [6.45, 7) is 4.01. The normalized spacial score (nSPS) is 14.7. The summed E-state index contributed by atoms with van der Waals surface area (Å²) in [5.41, 5.74) is 2.84. The minimum absolute atomic E-state index is 0.188. The largest absolute Gasteiger partial charge is 0.493 e. The third-order valence-electron chi connectivity index (χ3n) is 7.52. The van der Waals surface area contributed by atoms with E-state index in [-0.39, 0.29) is 17.7 Å². The maximum absolute atomic E-state index is 14.0. The van der Waals surface area contributed by atoms with Gasteiger partial charge in [-0.05, 0) is 81.5 Å². The van der Waals surface area contributed by atoms with Gasteiger partial charge in [0.2, 0.25) is 0 Å². The minimum Gasteiger partial charge on any atom is -0.493 e. The molecule has 5 aromatic rings. The maximum Gasteiger partial charge on any atom is 0.338 e. The summed E-state index contributed by atoms with van der Waals surface area (Å²) < 4.78 is 20.0. The second kappa shape index (κ2) is 13.0. The van der Waals surface area contributed by atoms with E-state index in [1.165, 1.54) is 15.9 Å². The highest BCUT2D eigenvalue weighted by molar-refractivity contribution is 9.10. The van der Waals surface area contributed by atoms with Gasteiger partial charge in [-0.1, -0.05) is 83.6 Å². The molecule has 228 valence electrons. The summed E-state index contributed by atoms with van der Waals surface area (Å²) >= 11 is 11.5. The van der Waals surface area contributed by atoms with Crippen LogP contribution in [0.15, 0.2) is 104 Å². The number of hydrogen-bond donors (Lipinski definition) is 0. The van der Waals surface area contributed by atoms with E-state index in [4.69, 9.17) is 25.8 Å². The summed E-state index contributed by atoms with van der Waals surface area (Å²) in [6.07, 6.45) is 1.78. The molecule has 6 rings (SSSR count). The van der Waals surface area contributed by atoms with Gasteiger partial charge in [-0.15, -0.1) is 0 Å². The number of rotatable bonds is 8. The van der Waals surface area contributed by atoms with E-state index >= 15 is 0 Å². The van der Waals surface area contributed by atoms with Crippen molar-refractivity contribution in [2.45, 2.75) is 26.5 Å². The van der Waals surface area contributed by atoms with Crippen molar-refractivity contribution in [2.75, 3.05) is 13.7 Å². The second-order valence-corrected chi connectivity index (χ2v) is 12.6. The fourth-order valence-corrected chi connectivity index (χ4v) is 7.33. The molecule has 0 aliphatic carbocycles. The van der Waals surface area contributed by atoms with Crippen LogP contribution in [0.4, 0.5) is 0 Å². The van der Waals surface area contributed by atoms with Crippen LogP contribution in [0.25, 0.3) is 16.8 Å². The van der Waals surface area contributed by atoms with Crippen molar-refractivity contribution in [1.29, 1.82) is 0 Å². The van der Waals surface area contributed by atoms with Crippen LogP contribution in [0.3, 0.4) is 0 Å². The maximum atomic E-state index is 14.0. The zero-order valence-corrected chi connectivity index (χ0v) is 27.8. The van der Waals surface area contributed by atoms with Crippen molar-refractivity contribution in [1.82, 2.24) is 4.57 Å². The van der Waals surface area contributed by atoms with E-state index in [2.05, 4.69) is 39.1 Å². The Morgan fingerprint density at radius 2 is 1.84 bits per heavy atom. The standard InChI is InChI=1S/C35H28BrClN2O5S/c1-4-43-34(41)30-20(2)38-35-39(31(30)25-14-7-8-15-27(25)37)33(40)29(45-35)18-21-16-26(36)32(28(17-21)42-3)44-19-23-12-9-11-22-10-5-6-13-24(22)23/h5-18,31H,4,19H2,1-3H3/b29-18-/t31-/m0/s1. The molecule has 0 saturated heterocycles. The Morgan fingerprint density at radius 1 is 1.09 bits per heavy atom. The smallest absolute Gasteiger partial charge is 0.338 e. The van der Waals surface area contributed by atoms with Crippen LogP contribution < -0.4 is 24.4 Å². The summed E-state index contributed by atoms with van der Waals surface area (Å²) in [5.74, 6) is 0.529. The van der Waals surface area contributed by atoms with E-state index in [0.717, 1.165) is 21.9 Å². The highest BCUT2D eigenvalue weighted by atomic mass is 79.9. The Kier molecular flexibility index (Phi) is 8.94. The molecule has 4 aromatic carbocycles. The van der Waals surface area contributed by atoms with Gasteiger partial charge in [-0.2, -0.15) is 0 Å². The molecule has 1 atom stereocenters. The molecule has 2 heterocycles. The molecule has 0 amide bonds. The number of benzene rings is 4. The van der Waals surface area contributed by atoms with Gasteiger partial charge in [-0.25, -0.2) is 9.79 Å². The molecule has 45 heavy (non-hydrogen) atoms. The number of fused-ring (bicyclic) bond motifs is 2. The molecule has 0 bridgehead atoms. The molecule has 0 radical (unpaired) electrons. The Morgan fingerprint density at radius 3 is 2.62 bits per heavy atom. The molecule has 7 nitrogen and oxygen atoms in total. The SMILES string of the molecule is CCOC(=O)C1=C(C)N=c2s/c(=C\c3cc(Br)c(OCc4cccc5ccccc45)c(OC)c3)c(=O)n2[C@H]1c1ccccc1Cl. The van der Waals surface area contributed by atoms with Crippen LogP contribution in [0.5, 0.6) is 11.5 Å². The number of aromatic nitrogens is 1. The van der Waals surface area contributed by atoms with Crippen molar-refractivity contribution in [3.05, 3.63) is 136 Å². The lowest BCUT2D eigenvalue weighted by molar-refractivity contribution is -0.139. The zero-order chi connectivity index (χ0) is 31.7. The van der Waals surface area contributed by atoms with Gasteiger partial charge in [-0.3, -0.25) is 9.36 Å². The van der Waals surface area contributed by atoms with E-state index in [1.54, 1.807) is 45.2 Å². The molecular formula is C35H28BrClN2O5S. The van der Waals surface area contributed by atoms with Gasteiger partial charge in [0.1, 0.15) is 12.6 Å².